The van der Waals surface area contributed by atoms with Crippen LogP contribution in [-0.2, 0) is 9.59 Å². The molecule has 0 saturated carbocycles. The van der Waals surface area contributed by atoms with Crippen LogP contribution in [0.2, 0.25) is 0 Å². The second-order valence-corrected chi connectivity index (χ2v) is 7.83. The van der Waals surface area contributed by atoms with E-state index in [4.69, 9.17) is 0 Å². The molecular formula is C17H21N3O3S2. The van der Waals surface area contributed by atoms with Gasteiger partial charge >= 0.3 is 6.03 Å². The van der Waals surface area contributed by atoms with Gasteiger partial charge in [0.15, 0.2) is 0 Å². The fourth-order valence-corrected chi connectivity index (χ4v) is 4.12. The minimum absolute atomic E-state index is 0.0211. The predicted octanol–water partition coefficient (Wildman–Crippen LogP) is 2.19. The van der Waals surface area contributed by atoms with Gasteiger partial charge in [0.2, 0.25) is 5.91 Å². The summed E-state index contributed by atoms with van der Waals surface area (Å²) < 4.78 is 0. The molecule has 2 atom stereocenters. The van der Waals surface area contributed by atoms with Crippen molar-refractivity contribution >= 4 is 47.1 Å². The molecule has 0 aromatic heterocycles. The molecule has 1 aromatic carbocycles. The van der Waals surface area contributed by atoms with Crippen molar-refractivity contribution in [2.75, 3.05) is 29.7 Å². The normalized spacial score (nSPS) is 23.0. The molecule has 2 aliphatic rings. The molecule has 1 N–H and O–H groups in total. The maximum Gasteiger partial charge on any atom is 0.332 e. The number of benzene rings is 1. The third-order valence-electron chi connectivity index (χ3n) is 4.50. The predicted molar refractivity (Wildman–Crippen MR) is 101 cm³/mol. The lowest BCUT2D eigenvalue weighted by Gasteiger charge is -2.32. The number of hydrogen-bond acceptors (Lipinski definition) is 5. The minimum Gasteiger partial charge on any atom is -0.352 e. The fraction of sp³-hybridized carbons (Fsp3) is 0.471. The van der Waals surface area contributed by atoms with E-state index >= 15 is 0 Å². The van der Waals surface area contributed by atoms with Crippen molar-refractivity contribution in [2.24, 2.45) is 0 Å². The molecule has 2 aliphatic heterocycles. The maximum absolute atomic E-state index is 12.8. The van der Waals surface area contributed by atoms with Gasteiger partial charge < -0.3 is 10.2 Å². The quantitative estimate of drug-likeness (QED) is 0.627. The lowest BCUT2D eigenvalue weighted by Crippen LogP contribution is -2.50. The summed E-state index contributed by atoms with van der Waals surface area (Å²) in [6, 6.07) is 6.63. The van der Waals surface area contributed by atoms with E-state index in [2.05, 4.69) is 5.32 Å². The van der Waals surface area contributed by atoms with Crippen LogP contribution in [0.4, 0.5) is 10.5 Å². The molecule has 1 aromatic rings. The Bertz CT molecular complexity index is 697. The molecule has 0 unspecified atom stereocenters. The van der Waals surface area contributed by atoms with Crippen LogP contribution in [0.3, 0.4) is 0 Å². The smallest absolute Gasteiger partial charge is 0.332 e. The number of hydrogen-bond donors (Lipinski definition) is 1. The zero-order valence-corrected chi connectivity index (χ0v) is 15.9. The Labute approximate surface area is 155 Å². The molecule has 2 heterocycles. The van der Waals surface area contributed by atoms with Gasteiger partial charge in [-0.1, -0.05) is 6.07 Å². The number of nitrogens with zero attached hydrogens (tertiary/aromatic N) is 2. The number of thioether (sulfide) groups is 2. The van der Waals surface area contributed by atoms with E-state index in [1.807, 2.05) is 30.7 Å². The zero-order valence-electron chi connectivity index (χ0n) is 14.2. The van der Waals surface area contributed by atoms with Crippen LogP contribution in [0.5, 0.6) is 0 Å². The highest BCUT2D eigenvalue weighted by Crippen LogP contribution is 2.32. The number of nitrogens with one attached hydrogen (secondary N) is 1. The SMILES string of the molecule is CSCC(=O)N[C@H]1CCN2C(=O)N(c3cccc(SC)c3)C(=O)[C@@H]2C1. The van der Waals surface area contributed by atoms with Crippen molar-refractivity contribution in [3.63, 3.8) is 0 Å². The molecule has 8 heteroatoms. The summed E-state index contributed by atoms with van der Waals surface area (Å²) in [6.07, 6.45) is 4.98. The van der Waals surface area contributed by atoms with E-state index in [0.717, 1.165) is 4.90 Å². The second-order valence-electron chi connectivity index (χ2n) is 6.09. The van der Waals surface area contributed by atoms with Gasteiger partial charge in [0, 0.05) is 17.5 Å². The van der Waals surface area contributed by atoms with Crippen LogP contribution in [0, 0.1) is 0 Å². The van der Waals surface area contributed by atoms with Gasteiger partial charge in [-0.25, -0.2) is 9.69 Å². The van der Waals surface area contributed by atoms with Crippen LogP contribution in [0.1, 0.15) is 12.8 Å². The van der Waals surface area contributed by atoms with E-state index in [1.54, 1.807) is 22.7 Å². The summed E-state index contributed by atoms with van der Waals surface area (Å²) in [7, 11) is 0. The summed E-state index contributed by atoms with van der Waals surface area (Å²) >= 11 is 3.04. The topological polar surface area (TPSA) is 69.7 Å². The molecule has 4 amide bonds. The molecule has 3 rings (SSSR count). The summed E-state index contributed by atoms with van der Waals surface area (Å²) in [5.41, 5.74) is 0.610. The van der Waals surface area contributed by atoms with Crippen molar-refractivity contribution in [1.82, 2.24) is 10.2 Å². The fourth-order valence-electron chi connectivity index (χ4n) is 3.32. The van der Waals surface area contributed by atoms with Crippen molar-refractivity contribution in [1.29, 1.82) is 0 Å². The number of carbonyl (C=O) groups excluding carboxylic acids is 3. The molecule has 134 valence electrons. The lowest BCUT2D eigenvalue weighted by atomic mass is 9.98. The van der Waals surface area contributed by atoms with Crippen LogP contribution in [0.15, 0.2) is 29.2 Å². The molecule has 0 radical (unpaired) electrons. The summed E-state index contributed by atoms with van der Waals surface area (Å²) in [6.45, 7) is 0.484. The van der Waals surface area contributed by atoms with Crippen LogP contribution >= 0.6 is 23.5 Å². The molecule has 0 spiro atoms. The Balaban J connectivity index is 1.75. The molecule has 0 aliphatic carbocycles. The first kappa shape index (κ1) is 18.1. The minimum atomic E-state index is -0.487. The standard InChI is InChI=1S/C17H21N3O3S2/c1-24-10-15(21)18-11-6-7-19-14(8-11)16(22)20(17(19)23)12-4-3-5-13(9-12)25-2/h3-5,9,11,14H,6-8,10H2,1-2H3,(H,18,21)/t11-,14-/m0/s1. The molecule has 6 nitrogen and oxygen atoms in total. The second kappa shape index (κ2) is 7.70. The van der Waals surface area contributed by atoms with Crippen LogP contribution in [-0.4, -0.2) is 59.6 Å². The molecule has 2 saturated heterocycles. The summed E-state index contributed by atoms with van der Waals surface area (Å²) in [4.78, 5) is 41.3. The highest BCUT2D eigenvalue weighted by atomic mass is 32.2. The molecule has 25 heavy (non-hydrogen) atoms. The van der Waals surface area contributed by atoms with Crippen molar-refractivity contribution in [3.05, 3.63) is 24.3 Å². The summed E-state index contributed by atoms with van der Waals surface area (Å²) in [5.74, 6) is 0.185. The third-order valence-corrected chi connectivity index (χ3v) is 5.77. The van der Waals surface area contributed by atoms with Gasteiger partial charge in [0.05, 0.1) is 11.4 Å². The Morgan fingerprint density at radius 1 is 1.32 bits per heavy atom. The monoisotopic (exact) mass is 379 g/mol. The Kier molecular flexibility index (Phi) is 5.58. The van der Waals surface area contributed by atoms with Crippen molar-refractivity contribution < 1.29 is 14.4 Å². The maximum atomic E-state index is 12.8. The number of amides is 4. The average molecular weight is 380 g/mol. The zero-order chi connectivity index (χ0) is 18.0. The lowest BCUT2D eigenvalue weighted by molar-refractivity contribution is -0.123. The number of piperidine rings is 1. The first-order valence-corrected chi connectivity index (χ1v) is 10.7. The van der Waals surface area contributed by atoms with Gasteiger partial charge in [-0.2, -0.15) is 11.8 Å². The van der Waals surface area contributed by atoms with Gasteiger partial charge in [0.1, 0.15) is 6.04 Å². The molecule has 0 bridgehead atoms. The average Bonchev–Trinajstić information content (AvgIpc) is 2.86. The van der Waals surface area contributed by atoms with E-state index in [-0.39, 0.29) is 23.9 Å². The number of fused-ring (bicyclic) bond motifs is 1. The number of rotatable bonds is 5. The number of urea groups is 1. The van der Waals surface area contributed by atoms with Crippen molar-refractivity contribution in [3.8, 4) is 0 Å². The number of imide groups is 1. The van der Waals surface area contributed by atoms with Gasteiger partial charge in [0.25, 0.3) is 5.91 Å². The molecule has 2 fully saturated rings. The Morgan fingerprint density at radius 2 is 2.12 bits per heavy atom. The highest BCUT2D eigenvalue weighted by molar-refractivity contribution is 7.99. The van der Waals surface area contributed by atoms with E-state index < -0.39 is 6.04 Å². The van der Waals surface area contributed by atoms with E-state index in [1.165, 1.54) is 16.7 Å². The third kappa shape index (κ3) is 3.64. The Morgan fingerprint density at radius 3 is 2.84 bits per heavy atom. The first-order chi connectivity index (χ1) is 12.0. The number of anilines is 1. The van der Waals surface area contributed by atoms with E-state index in [0.29, 0.717) is 30.8 Å². The van der Waals surface area contributed by atoms with Gasteiger partial charge in [-0.3, -0.25) is 9.59 Å². The molecular weight excluding hydrogens is 358 g/mol. The first-order valence-electron chi connectivity index (χ1n) is 8.12. The van der Waals surface area contributed by atoms with Crippen LogP contribution in [0.25, 0.3) is 0 Å². The highest BCUT2D eigenvalue weighted by Gasteiger charge is 2.48. The van der Waals surface area contributed by atoms with Crippen molar-refractivity contribution in [2.45, 2.75) is 29.8 Å². The van der Waals surface area contributed by atoms with Gasteiger partial charge in [-0.15, -0.1) is 11.8 Å². The van der Waals surface area contributed by atoms with Gasteiger partial charge in [-0.05, 0) is 43.6 Å². The largest absolute Gasteiger partial charge is 0.352 e. The number of carbonyl (C=O) groups is 3. The van der Waals surface area contributed by atoms with Crippen LogP contribution < -0.4 is 10.2 Å². The van der Waals surface area contributed by atoms with E-state index in [9.17, 15) is 14.4 Å². The summed E-state index contributed by atoms with van der Waals surface area (Å²) in [5, 5.41) is 2.97. The Hall–Kier alpha value is -1.67.